The van der Waals surface area contributed by atoms with Crippen molar-refractivity contribution in [2.75, 3.05) is 6.61 Å². The van der Waals surface area contributed by atoms with Gasteiger partial charge in [-0.3, -0.25) is 4.79 Å². The van der Waals surface area contributed by atoms with Crippen LogP contribution in [0.15, 0.2) is 0 Å². The molecule has 0 aliphatic carbocycles. The number of hydrogen-bond donors (Lipinski definition) is 0. The van der Waals surface area contributed by atoms with Crippen molar-refractivity contribution in [1.82, 2.24) is 0 Å². The van der Waals surface area contributed by atoms with Crippen LogP contribution < -0.4 is 0 Å². The Hall–Kier alpha value is -0.530. The summed E-state index contributed by atoms with van der Waals surface area (Å²) >= 11 is 0. The molecule has 0 aliphatic rings. The standard InChI is InChI=1S/C17H34O2/c1-5-7-8-9-10-11-12-13-14-15-17(3,4)16(18)19-6-2/h5-15H2,1-4H3. The van der Waals surface area contributed by atoms with E-state index in [1.54, 1.807) is 0 Å². The molecule has 0 aromatic rings. The van der Waals surface area contributed by atoms with Gasteiger partial charge in [0, 0.05) is 0 Å². The molecule has 2 heteroatoms. The Morgan fingerprint density at radius 3 is 1.79 bits per heavy atom. The SMILES string of the molecule is CCCCCCCCCCCC(C)(C)C(=O)OCC. The maximum atomic E-state index is 11.7. The number of carbonyl (C=O) groups excluding carboxylic acids is 1. The van der Waals surface area contributed by atoms with Gasteiger partial charge in [0.15, 0.2) is 0 Å². The van der Waals surface area contributed by atoms with E-state index in [4.69, 9.17) is 4.74 Å². The summed E-state index contributed by atoms with van der Waals surface area (Å²) < 4.78 is 5.10. The minimum absolute atomic E-state index is 0.0467. The maximum absolute atomic E-state index is 11.7. The zero-order chi connectivity index (χ0) is 14.6. The normalized spacial score (nSPS) is 11.6. The molecular weight excluding hydrogens is 236 g/mol. The minimum atomic E-state index is -0.308. The molecule has 0 amide bonds. The zero-order valence-corrected chi connectivity index (χ0v) is 13.6. The Kier molecular flexibility index (Phi) is 11.0. The van der Waals surface area contributed by atoms with E-state index in [-0.39, 0.29) is 11.4 Å². The first-order chi connectivity index (χ1) is 9.04. The molecule has 0 bridgehead atoms. The van der Waals surface area contributed by atoms with Crippen LogP contribution in [0, 0.1) is 5.41 Å². The molecule has 0 rings (SSSR count). The van der Waals surface area contributed by atoms with E-state index in [1.807, 2.05) is 20.8 Å². The molecule has 0 fully saturated rings. The highest BCUT2D eigenvalue weighted by Crippen LogP contribution is 2.25. The second kappa shape index (κ2) is 11.3. The fourth-order valence-corrected chi connectivity index (χ4v) is 2.31. The van der Waals surface area contributed by atoms with Gasteiger partial charge in [-0.25, -0.2) is 0 Å². The number of carbonyl (C=O) groups is 1. The van der Waals surface area contributed by atoms with Crippen LogP contribution in [0.4, 0.5) is 0 Å². The second-order valence-electron chi connectivity index (χ2n) is 6.18. The summed E-state index contributed by atoms with van der Waals surface area (Å²) in [7, 11) is 0. The van der Waals surface area contributed by atoms with Crippen LogP contribution in [0.5, 0.6) is 0 Å². The first-order valence-corrected chi connectivity index (χ1v) is 8.21. The van der Waals surface area contributed by atoms with Crippen LogP contribution in [0.1, 0.15) is 91.9 Å². The van der Waals surface area contributed by atoms with E-state index in [9.17, 15) is 4.79 Å². The first kappa shape index (κ1) is 18.5. The molecule has 0 saturated heterocycles. The Morgan fingerprint density at radius 1 is 0.842 bits per heavy atom. The smallest absolute Gasteiger partial charge is 0.311 e. The molecule has 0 aromatic heterocycles. The molecule has 114 valence electrons. The third-order valence-corrected chi connectivity index (χ3v) is 3.73. The quantitative estimate of drug-likeness (QED) is 0.346. The number of esters is 1. The van der Waals surface area contributed by atoms with Crippen molar-refractivity contribution in [3.8, 4) is 0 Å². The van der Waals surface area contributed by atoms with Gasteiger partial charge in [-0.05, 0) is 27.2 Å². The summed E-state index contributed by atoms with van der Waals surface area (Å²) in [6.07, 6.45) is 12.9. The van der Waals surface area contributed by atoms with Crippen molar-refractivity contribution >= 4 is 5.97 Å². The van der Waals surface area contributed by atoms with Gasteiger partial charge < -0.3 is 4.74 Å². The van der Waals surface area contributed by atoms with Crippen molar-refractivity contribution in [3.63, 3.8) is 0 Å². The molecular formula is C17H34O2. The Balaban J connectivity index is 3.45. The van der Waals surface area contributed by atoms with Crippen molar-refractivity contribution in [2.45, 2.75) is 91.9 Å². The minimum Gasteiger partial charge on any atom is -0.466 e. The van der Waals surface area contributed by atoms with Crippen LogP contribution in [0.2, 0.25) is 0 Å². The molecule has 0 radical (unpaired) electrons. The van der Waals surface area contributed by atoms with Crippen LogP contribution in [0.3, 0.4) is 0 Å². The molecule has 0 N–H and O–H groups in total. The van der Waals surface area contributed by atoms with Gasteiger partial charge in [0.05, 0.1) is 12.0 Å². The topological polar surface area (TPSA) is 26.3 Å². The number of hydrogen-bond acceptors (Lipinski definition) is 2. The summed E-state index contributed by atoms with van der Waals surface area (Å²) in [6.45, 7) is 8.60. The maximum Gasteiger partial charge on any atom is 0.311 e. The van der Waals surface area contributed by atoms with Crippen LogP contribution >= 0.6 is 0 Å². The van der Waals surface area contributed by atoms with Crippen molar-refractivity contribution in [3.05, 3.63) is 0 Å². The van der Waals surface area contributed by atoms with Crippen LogP contribution in [0.25, 0.3) is 0 Å². The van der Waals surface area contributed by atoms with Gasteiger partial charge in [0.25, 0.3) is 0 Å². The fourth-order valence-electron chi connectivity index (χ4n) is 2.31. The molecule has 0 aliphatic heterocycles. The Labute approximate surface area is 120 Å². The molecule has 19 heavy (non-hydrogen) atoms. The van der Waals surface area contributed by atoms with Crippen LogP contribution in [-0.4, -0.2) is 12.6 Å². The molecule has 0 aromatic carbocycles. The van der Waals surface area contributed by atoms with E-state index in [2.05, 4.69) is 6.92 Å². The van der Waals surface area contributed by atoms with Gasteiger partial charge in [-0.15, -0.1) is 0 Å². The second-order valence-corrected chi connectivity index (χ2v) is 6.18. The van der Waals surface area contributed by atoms with Gasteiger partial charge in [-0.2, -0.15) is 0 Å². The molecule has 0 saturated carbocycles. The number of ether oxygens (including phenoxy) is 1. The lowest BCUT2D eigenvalue weighted by Gasteiger charge is -2.21. The van der Waals surface area contributed by atoms with E-state index in [0.29, 0.717) is 6.61 Å². The van der Waals surface area contributed by atoms with Gasteiger partial charge >= 0.3 is 5.97 Å². The number of unbranched alkanes of at least 4 members (excludes halogenated alkanes) is 8. The number of rotatable bonds is 12. The highest BCUT2D eigenvalue weighted by Gasteiger charge is 2.28. The van der Waals surface area contributed by atoms with Crippen molar-refractivity contribution in [2.24, 2.45) is 5.41 Å². The monoisotopic (exact) mass is 270 g/mol. The Morgan fingerprint density at radius 2 is 1.32 bits per heavy atom. The lowest BCUT2D eigenvalue weighted by molar-refractivity contribution is -0.153. The lowest BCUT2D eigenvalue weighted by atomic mass is 9.87. The summed E-state index contributed by atoms with van der Waals surface area (Å²) in [6, 6.07) is 0. The summed E-state index contributed by atoms with van der Waals surface area (Å²) in [5.41, 5.74) is -0.308. The molecule has 0 heterocycles. The molecule has 2 nitrogen and oxygen atoms in total. The Bertz CT molecular complexity index is 221. The predicted octanol–water partition coefficient (Wildman–Crippen LogP) is 5.50. The third-order valence-electron chi connectivity index (χ3n) is 3.73. The molecule has 0 unspecified atom stereocenters. The largest absolute Gasteiger partial charge is 0.466 e. The average molecular weight is 270 g/mol. The highest BCUT2D eigenvalue weighted by molar-refractivity contribution is 5.75. The van der Waals surface area contributed by atoms with Gasteiger partial charge in [0.2, 0.25) is 0 Å². The zero-order valence-electron chi connectivity index (χ0n) is 13.6. The fraction of sp³-hybridized carbons (Fsp3) is 0.941. The molecule has 0 atom stereocenters. The first-order valence-electron chi connectivity index (χ1n) is 8.21. The average Bonchev–Trinajstić information content (AvgIpc) is 2.37. The van der Waals surface area contributed by atoms with Crippen molar-refractivity contribution < 1.29 is 9.53 Å². The predicted molar refractivity (Wildman–Crippen MR) is 82.3 cm³/mol. The van der Waals surface area contributed by atoms with E-state index in [0.717, 1.165) is 12.8 Å². The van der Waals surface area contributed by atoms with E-state index < -0.39 is 0 Å². The lowest BCUT2D eigenvalue weighted by Crippen LogP contribution is -2.26. The van der Waals surface area contributed by atoms with E-state index in [1.165, 1.54) is 51.4 Å². The molecule has 0 spiro atoms. The summed E-state index contributed by atoms with van der Waals surface area (Å²) in [5.74, 6) is -0.0467. The van der Waals surface area contributed by atoms with Crippen LogP contribution in [-0.2, 0) is 9.53 Å². The summed E-state index contributed by atoms with van der Waals surface area (Å²) in [4.78, 5) is 11.7. The van der Waals surface area contributed by atoms with Crippen molar-refractivity contribution in [1.29, 1.82) is 0 Å². The highest BCUT2D eigenvalue weighted by atomic mass is 16.5. The third kappa shape index (κ3) is 9.98. The van der Waals surface area contributed by atoms with Gasteiger partial charge in [-0.1, -0.05) is 64.7 Å². The summed E-state index contributed by atoms with van der Waals surface area (Å²) in [5, 5.41) is 0. The van der Waals surface area contributed by atoms with Gasteiger partial charge in [0.1, 0.15) is 0 Å². The van der Waals surface area contributed by atoms with E-state index >= 15 is 0 Å².